The van der Waals surface area contributed by atoms with E-state index in [4.69, 9.17) is 5.26 Å². The Hall–Kier alpha value is -0.680. The van der Waals surface area contributed by atoms with Crippen LogP contribution in [0.1, 0.15) is 27.2 Å². The van der Waals surface area contributed by atoms with Crippen LogP contribution >= 0.6 is 11.8 Å². The molecular formula is C11H15NS. The van der Waals surface area contributed by atoms with Gasteiger partial charge in [0.25, 0.3) is 0 Å². The van der Waals surface area contributed by atoms with Crippen molar-refractivity contribution in [2.75, 3.05) is 6.26 Å². The second-order valence-corrected chi connectivity index (χ2v) is 5.04. The molecule has 0 aromatic heterocycles. The molecule has 2 heteroatoms. The van der Waals surface area contributed by atoms with Gasteiger partial charge in [-0.05, 0) is 36.0 Å². The average molecular weight is 193 g/mol. The highest BCUT2D eigenvalue weighted by Crippen LogP contribution is 2.51. The lowest BCUT2D eigenvalue weighted by Gasteiger charge is -1.97. The molecule has 0 N–H and O–H groups in total. The molecule has 1 aliphatic carbocycles. The SMILES string of the molecule is CS/C(C)=C(C#N)/C=C1\CC1(C)C. The van der Waals surface area contributed by atoms with E-state index in [0.29, 0.717) is 5.41 Å². The van der Waals surface area contributed by atoms with Crippen LogP contribution in [0, 0.1) is 16.7 Å². The standard InChI is InChI=1S/C11H15NS/c1-8(13-4)9(7-12)5-10-6-11(10,2)3/h5H,6H2,1-4H3/b9-8-,10-5+. The zero-order valence-corrected chi connectivity index (χ0v) is 9.46. The van der Waals surface area contributed by atoms with Gasteiger partial charge in [-0.2, -0.15) is 5.26 Å². The largest absolute Gasteiger partial charge is 0.192 e. The van der Waals surface area contributed by atoms with Crippen LogP contribution in [-0.2, 0) is 0 Å². The molecule has 70 valence electrons. The molecule has 0 bridgehead atoms. The number of nitriles is 1. The quantitative estimate of drug-likeness (QED) is 0.627. The van der Waals surface area contributed by atoms with Crippen molar-refractivity contribution >= 4 is 11.8 Å². The summed E-state index contributed by atoms with van der Waals surface area (Å²) in [6.07, 6.45) is 5.19. The zero-order valence-electron chi connectivity index (χ0n) is 8.64. The molecule has 0 atom stereocenters. The first kappa shape index (κ1) is 10.4. The zero-order chi connectivity index (χ0) is 10.1. The molecule has 0 aromatic rings. The van der Waals surface area contributed by atoms with E-state index in [0.717, 1.165) is 16.9 Å². The second-order valence-electron chi connectivity index (χ2n) is 4.02. The Kier molecular flexibility index (Phi) is 2.87. The molecule has 0 spiro atoms. The van der Waals surface area contributed by atoms with E-state index >= 15 is 0 Å². The van der Waals surface area contributed by atoms with Crippen LogP contribution in [0.15, 0.2) is 22.1 Å². The van der Waals surface area contributed by atoms with Gasteiger partial charge in [-0.15, -0.1) is 11.8 Å². The Morgan fingerprint density at radius 3 is 2.46 bits per heavy atom. The Morgan fingerprint density at radius 2 is 2.15 bits per heavy atom. The van der Waals surface area contributed by atoms with Crippen LogP contribution in [0.5, 0.6) is 0 Å². The van der Waals surface area contributed by atoms with E-state index in [1.807, 2.05) is 19.3 Å². The van der Waals surface area contributed by atoms with Crippen molar-refractivity contribution in [3.8, 4) is 6.07 Å². The Labute approximate surface area is 84.5 Å². The first-order valence-electron chi connectivity index (χ1n) is 4.37. The minimum Gasteiger partial charge on any atom is -0.192 e. The van der Waals surface area contributed by atoms with Crippen LogP contribution in [0.3, 0.4) is 0 Å². The van der Waals surface area contributed by atoms with Crippen LogP contribution in [0.2, 0.25) is 0 Å². The molecule has 1 nitrogen and oxygen atoms in total. The van der Waals surface area contributed by atoms with Crippen LogP contribution in [-0.4, -0.2) is 6.26 Å². The lowest BCUT2D eigenvalue weighted by molar-refractivity contribution is 0.686. The maximum Gasteiger partial charge on any atom is 0.0999 e. The number of hydrogen-bond acceptors (Lipinski definition) is 2. The Balaban J connectivity index is 2.86. The van der Waals surface area contributed by atoms with Crippen molar-refractivity contribution in [1.82, 2.24) is 0 Å². The molecule has 1 rings (SSSR count). The number of nitrogens with zero attached hydrogens (tertiary/aromatic N) is 1. The van der Waals surface area contributed by atoms with Crippen molar-refractivity contribution in [3.63, 3.8) is 0 Å². The van der Waals surface area contributed by atoms with Gasteiger partial charge < -0.3 is 0 Å². The summed E-state index contributed by atoms with van der Waals surface area (Å²) >= 11 is 1.64. The molecule has 0 unspecified atom stereocenters. The molecule has 1 aliphatic rings. The van der Waals surface area contributed by atoms with Gasteiger partial charge in [0.15, 0.2) is 0 Å². The Bertz CT molecular complexity index is 315. The molecule has 0 aromatic carbocycles. The second kappa shape index (κ2) is 3.59. The van der Waals surface area contributed by atoms with E-state index < -0.39 is 0 Å². The molecule has 1 saturated carbocycles. The summed E-state index contributed by atoms with van der Waals surface area (Å²) in [6.45, 7) is 6.42. The third-order valence-electron chi connectivity index (χ3n) is 2.50. The van der Waals surface area contributed by atoms with Gasteiger partial charge in [0.05, 0.1) is 11.6 Å². The molecule has 0 radical (unpaired) electrons. The fraction of sp³-hybridized carbons (Fsp3) is 0.545. The molecule has 0 heterocycles. The van der Waals surface area contributed by atoms with Crippen molar-refractivity contribution < 1.29 is 0 Å². The highest BCUT2D eigenvalue weighted by molar-refractivity contribution is 8.02. The number of rotatable bonds is 2. The predicted molar refractivity (Wildman–Crippen MR) is 58.3 cm³/mol. The van der Waals surface area contributed by atoms with Gasteiger partial charge in [0.1, 0.15) is 0 Å². The van der Waals surface area contributed by atoms with Crippen LogP contribution in [0.4, 0.5) is 0 Å². The van der Waals surface area contributed by atoms with E-state index in [1.165, 1.54) is 5.57 Å². The maximum atomic E-state index is 8.91. The van der Waals surface area contributed by atoms with Crippen LogP contribution in [0.25, 0.3) is 0 Å². The summed E-state index contributed by atoms with van der Waals surface area (Å²) < 4.78 is 0. The summed E-state index contributed by atoms with van der Waals surface area (Å²) in [7, 11) is 0. The molecule has 13 heavy (non-hydrogen) atoms. The molecular weight excluding hydrogens is 178 g/mol. The molecule has 0 amide bonds. The molecule has 0 aliphatic heterocycles. The minimum absolute atomic E-state index is 0.348. The third kappa shape index (κ3) is 2.38. The lowest BCUT2D eigenvalue weighted by Crippen LogP contribution is -1.82. The normalized spacial score (nSPS) is 23.8. The number of allylic oxidation sites excluding steroid dienone is 4. The van der Waals surface area contributed by atoms with Crippen molar-refractivity contribution in [2.45, 2.75) is 27.2 Å². The summed E-state index contributed by atoms with van der Waals surface area (Å²) in [5, 5.41) is 8.91. The van der Waals surface area contributed by atoms with Gasteiger partial charge in [-0.25, -0.2) is 0 Å². The fourth-order valence-corrected chi connectivity index (χ4v) is 1.50. The number of hydrogen-bond donors (Lipinski definition) is 0. The van der Waals surface area contributed by atoms with Crippen LogP contribution < -0.4 is 0 Å². The van der Waals surface area contributed by atoms with E-state index in [2.05, 4.69) is 19.9 Å². The molecule has 1 fully saturated rings. The van der Waals surface area contributed by atoms with Crippen molar-refractivity contribution in [1.29, 1.82) is 5.26 Å². The van der Waals surface area contributed by atoms with E-state index in [9.17, 15) is 0 Å². The summed E-state index contributed by atoms with van der Waals surface area (Å²) in [5.74, 6) is 0. The van der Waals surface area contributed by atoms with Gasteiger partial charge >= 0.3 is 0 Å². The highest BCUT2D eigenvalue weighted by Gasteiger charge is 2.38. The monoisotopic (exact) mass is 193 g/mol. The van der Waals surface area contributed by atoms with E-state index in [1.54, 1.807) is 11.8 Å². The van der Waals surface area contributed by atoms with E-state index in [-0.39, 0.29) is 0 Å². The smallest absolute Gasteiger partial charge is 0.0999 e. The Morgan fingerprint density at radius 1 is 1.62 bits per heavy atom. The predicted octanol–water partition coefficient (Wildman–Crippen LogP) is 3.50. The van der Waals surface area contributed by atoms with Gasteiger partial charge in [0, 0.05) is 0 Å². The fourth-order valence-electron chi connectivity index (χ4n) is 1.18. The van der Waals surface area contributed by atoms with Gasteiger partial charge in [0.2, 0.25) is 0 Å². The summed E-state index contributed by atoms with van der Waals surface area (Å²) in [4.78, 5) is 1.11. The number of thioether (sulfide) groups is 1. The topological polar surface area (TPSA) is 23.8 Å². The first-order chi connectivity index (χ1) is 6.01. The van der Waals surface area contributed by atoms with Gasteiger partial charge in [-0.3, -0.25) is 0 Å². The maximum absolute atomic E-state index is 8.91. The first-order valence-corrected chi connectivity index (χ1v) is 5.60. The average Bonchev–Trinajstić information content (AvgIpc) is 2.68. The minimum atomic E-state index is 0.348. The molecule has 0 saturated heterocycles. The summed E-state index contributed by atoms with van der Waals surface area (Å²) in [5.41, 5.74) is 2.58. The third-order valence-corrected chi connectivity index (χ3v) is 3.33. The van der Waals surface area contributed by atoms with Gasteiger partial charge in [-0.1, -0.05) is 19.4 Å². The van der Waals surface area contributed by atoms with Crippen molar-refractivity contribution in [3.05, 3.63) is 22.1 Å². The lowest BCUT2D eigenvalue weighted by atomic mass is 10.1. The summed E-state index contributed by atoms with van der Waals surface area (Å²) in [6, 6.07) is 2.24. The highest BCUT2D eigenvalue weighted by atomic mass is 32.2. The van der Waals surface area contributed by atoms with Crippen molar-refractivity contribution in [2.24, 2.45) is 5.41 Å².